The van der Waals surface area contributed by atoms with Crippen molar-refractivity contribution in [1.82, 2.24) is 15.2 Å². The summed E-state index contributed by atoms with van der Waals surface area (Å²) in [6.45, 7) is 0.664. The summed E-state index contributed by atoms with van der Waals surface area (Å²) in [6.07, 6.45) is 8.37. The summed E-state index contributed by atoms with van der Waals surface area (Å²) in [7, 11) is 0. The smallest absolute Gasteiger partial charge is 0.319 e. The van der Waals surface area contributed by atoms with Crippen LogP contribution in [0, 0.1) is 0 Å². The van der Waals surface area contributed by atoms with Gasteiger partial charge in [-0.05, 0) is 49.9 Å². The lowest BCUT2D eigenvalue weighted by Crippen LogP contribution is -2.52. The Bertz CT molecular complexity index is 1250. The van der Waals surface area contributed by atoms with Gasteiger partial charge in [-0.3, -0.25) is 9.78 Å². The van der Waals surface area contributed by atoms with Gasteiger partial charge in [0.05, 0.1) is 28.0 Å². The molecular formula is C25H25ClN4O3. The number of carbonyl (C=O) groups excluding carboxylic acids is 2. The quantitative estimate of drug-likeness (QED) is 0.505. The Morgan fingerprint density at radius 1 is 1.18 bits per heavy atom. The first-order valence-corrected chi connectivity index (χ1v) is 12.0. The van der Waals surface area contributed by atoms with Crippen molar-refractivity contribution in [2.24, 2.45) is 0 Å². The fourth-order valence-electron chi connectivity index (χ4n) is 5.82. The molecule has 1 spiro atoms. The van der Waals surface area contributed by atoms with Gasteiger partial charge in [0.25, 0.3) is 5.91 Å². The second kappa shape index (κ2) is 7.76. The van der Waals surface area contributed by atoms with E-state index in [0.717, 1.165) is 61.6 Å². The normalized spacial score (nSPS) is 21.7. The van der Waals surface area contributed by atoms with Gasteiger partial charge in [0.15, 0.2) is 5.76 Å². The topological polar surface area (TPSA) is 87.5 Å². The number of nitrogens with one attached hydrogen (secondary N) is 2. The van der Waals surface area contributed by atoms with Crippen LogP contribution >= 0.6 is 11.6 Å². The number of anilines is 1. The minimum Gasteiger partial charge on any atom is -0.450 e. The first kappa shape index (κ1) is 20.5. The number of rotatable bonds is 2. The zero-order valence-electron chi connectivity index (χ0n) is 18.2. The van der Waals surface area contributed by atoms with E-state index in [1.54, 1.807) is 18.3 Å². The average molecular weight is 465 g/mol. The number of amides is 3. The van der Waals surface area contributed by atoms with Crippen molar-refractivity contribution >= 4 is 40.2 Å². The Balaban J connectivity index is 1.44. The minimum atomic E-state index is -0.526. The molecule has 2 N–H and O–H groups in total. The van der Waals surface area contributed by atoms with Gasteiger partial charge in [-0.2, -0.15) is 0 Å². The van der Waals surface area contributed by atoms with Crippen LogP contribution in [0.15, 0.2) is 40.9 Å². The number of fused-ring (bicyclic) bond motifs is 4. The number of aromatic nitrogens is 1. The molecule has 0 radical (unpaired) electrons. The lowest BCUT2D eigenvalue weighted by atomic mass is 9.74. The van der Waals surface area contributed by atoms with E-state index in [2.05, 4.69) is 15.6 Å². The molecule has 8 heteroatoms. The Kier molecular flexibility index (Phi) is 4.83. The van der Waals surface area contributed by atoms with E-state index in [1.807, 2.05) is 23.1 Å². The predicted octanol–water partition coefficient (Wildman–Crippen LogP) is 5.75. The van der Waals surface area contributed by atoms with Gasteiger partial charge >= 0.3 is 6.03 Å². The lowest BCUT2D eigenvalue weighted by molar-refractivity contribution is 0.0702. The van der Waals surface area contributed by atoms with E-state index >= 15 is 0 Å². The van der Waals surface area contributed by atoms with Crippen molar-refractivity contribution in [3.8, 4) is 0 Å². The van der Waals surface area contributed by atoms with E-state index in [0.29, 0.717) is 28.6 Å². The molecule has 0 bridgehead atoms. The number of benzene rings is 1. The zero-order chi connectivity index (χ0) is 22.6. The van der Waals surface area contributed by atoms with Gasteiger partial charge < -0.3 is 20.0 Å². The number of pyridine rings is 1. The molecule has 3 aromatic rings. The highest BCUT2D eigenvalue weighted by Gasteiger charge is 2.44. The van der Waals surface area contributed by atoms with Crippen LogP contribution in [0.3, 0.4) is 0 Å². The highest BCUT2D eigenvalue weighted by Crippen LogP contribution is 2.49. The van der Waals surface area contributed by atoms with Gasteiger partial charge in [0.1, 0.15) is 5.58 Å². The summed E-state index contributed by atoms with van der Waals surface area (Å²) in [4.78, 5) is 32.4. The van der Waals surface area contributed by atoms with E-state index in [9.17, 15) is 9.59 Å². The molecule has 2 aromatic heterocycles. The van der Waals surface area contributed by atoms with Crippen LogP contribution in [0.2, 0.25) is 5.02 Å². The van der Waals surface area contributed by atoms with Crippen LogP contribution in [-0.4, -0.2) is 28.4 Å². The van der Waals surface area contributed by atoms with Crippen molar-refractivity contribution in [2.45, 2.75) is 56.5 Å². The van der Waals surface area contributed by atoms with Crippen LogP contribution in [0.1, 0.15) is 72.8 Å². The molecule has 33 heavy (non-hydrogen) atoms. The number of nitrogens with zero attached hydrogens (tertiary/aromatic N) is 2. The van der Waals surface area contributed by atoms with E-state index in [1.165, 1.54) is 0 Å². The van der Waals surface area contributed by atoms with Crippen LogP contribution in [0.4, 0.5) is 10.5 Å². The van der Waals surface area contributed by atoms with Crippen molar-refractivity contribution in [3.63, 3.8) is 0 Å². The number of halogens is 1. The zero-order valence-corrected chi connectivity index (χ0v) is 19.0. The third-order valence-electron chi connectivity index (χ3n) is 7.29. The van der Waals surface area contributed by atoms with Gasteiger partial charge in [0, 0.05) is 23.7 Å². The third kappa shape index (κ3) is 3.29. The summed E-state index contributed by atoms with van der Waals surface area (Å²) < 4.78 is 6.28. The molecule has 6 rings (SSSR count). The second-order valence-corrected chi connectivity index (χ2v) is 9.68. The van der Waals surface area contributed by atoms with Crippen molar-refractivity contribution in [3.05, 3.63) is 58.6 Å². The molecule has 3 amide bonds. The largest absolute Gasteiger partial charge is 0.450 e. The fourth-order valence-corrected chi connectivity index (χ4v) is 6.08. The Morgan fingerprint density at radius 3 is 2.82 bits per heavy atom. The van der Waals surface area contributed by atoms with Gasteiger partial charge in [-0.15, -0.1) is 0 Å². The number of hydrogen-bond donors (Lipinski definition) is 2. The molecule has 1 unspecified atom stereocenters. The van der Waals surface area contributed by atoms with Gasteiger partial charge in [0.2, 0.25) is 0 Å². The summed E-state index contributed by atoms with van der Waals surface area (Å²) in [6, 6.07) is 9.04. The molecule has 2 fully saturated rings. The highest BCUT2D eigenvalue weighted by atomic mass is 35.5. The molecule has 7 nitrogen and oxygen atoms in total. The number of urea groups is 1. The number of carbonyl (C=O) groups is 2. The van der Waals surface area contributed by atoms with Crippen LogP contribution in [0.25, 0.3) is 11.0 Å². The first-order valence-electron chi connectivity index (χ1n) is 11.6. The Labute approximate surface area is 196 Å². The third-order valence-corrected chi connectivity index (χ3v) is 7.59. The molecule has 170 valence electrons. The summed E-state index contributed by atoms with van der Waals surface area (Å²) in [5.41, 5.74) is 2.46. The van der Waals surface area contributed by atoms with Gasteiger partial charge in [-0.25, -0.2) is 4.79 Å². The average Bonchev–Trinajstić information content (AvgIpc) is 3.47. The Morgan fingerprint density at radius 2 is 2.03 bits per heavy atom. The van der Waals surface area contributed by atoms with Crippen LogP contribution in [0.5, 0.6) is 0 Å². The van der Waals surface area contributed by atoms with E-state index < -0.39 is 5.54 Å². The lowest BCUT2D eigenvalue weighted by Gasteiger charge is -2.42. The van der Waals surface area contributed by atoms with E-state index in [-0.39, 0.29) is 18.0 Å². The van der Waals surface area contributed by atoms with Crippen molar-refractivity contribution < 1.29 is 14.0 Å². The predicted molar refractivity (Wildman–Crippen MR) is 125 cm³/mol. The molecular weight excluding hydrogens is 440 g/mol. The fraction of sp³-hybridized carbons (Fsp3) is 0.400. The number of furan rings is 1. The first-order chi connectivity index (χ1) is 16.1. The molecule has 4 heterocycles. The van der Waals surface area contributed by atoms with Crippen molar-refractivity contribution in [1.29, 1.82) is 0 Å². The van der Waals surface area contributed by atoms with Crippen LogP contribution in [-0.2, 0) is 5.54 Å². The maximum Gasteiger partial charge on any atom is 0.319 e. The molecule has 1 aromatic carbocycles. The number of hydrogen-bond acceptors (Lipinski definition) is 4. The molecule has 1 saturated carbocycles. The summed E-state index contributed by atoms with van der Waals surface area (Å²) in [5.74, 6) is 0.148. The maximum atomic E-state index is 13.6. The summed E-state index contributed by atoms with van der Waals surface area (Å²) in [5, 5.41) is 7.26. The second-order valence-electron chi connectivity index (χ2n) is 9.27. The number of likely N-dealkylation sites (tertiary alicyclic amines) is 1. The monoisotopic (exact) mass is 464 g/mol. The molecule has 2 aliphatic heterocycles. The molecule has 1 aliphatic carbocycles. The van der Waals surface area contributed by atoms with E-state index in [4.69, 9.17) is 16.0 Å². The Hall–Kier alpha value is -3.06. The molecule has 1 saturated heterocycles. The molecule has 1 atom stereocenters. The highest BCUT2D eigenvalue weighted by molar-refractivity contribution is 6.35. The van der Waals surface area contributed by atoms with Crippen molar-refractivity contribution in [2.75, 3.05) is 11.9 Å². The molecule has 3 aliphatic rings. The minimum absolute atomic E-state index is 0.0601. The SMILES string of the molecule is O=C1Nc2c(Cl)cc3cc(C(=O)N4CCCC4c4ccccn4)oc3c2C2(CCCCC2)N1. The summed E-state index contributed by atoms with van der Waals surface area (Å²) >= 11 is 6.62. The van der Waals surface area contributed by atoms with Gasteiger partial charge in [-0.1, -0.05) is 36.9 Å². The maximum absolute atomic E-state index is 13.6. The standard InChI is InChI=1S/C25H25ClN4O3/c26-16-13-15-14-19(23(31)30-12-6-8-18(30)17-7-2-5-11-27-17)33-22(15)20-21(16)28-24(32)29-25(20)9-3-1-4-10-25/h2,5,7,11,13-14,18H,1,3-4,6,8-10,12H2,(H2,28,29,32). The van der Waals surface area contributed by atoms with Crippen LogP contribution < -0.4 is 10.6 Å².